The number of benzene rings is 1. The molecule has 0 bridgehead atoms. The number of methoxy groups -OCH3 is 1. The number of carboxylic acid groups (broad SMARTS) is 1. The Morgan fingerprint density at radius 2 is 2.08 bits per heavy atom. The molecule has 9 heteroatoms. The van der Waals surface area contributed by atoms with E-state index in [0.717, 1.165) is 16.2 Å². The van der Waals surface area contributed by atoms with Crippen LogP contribution in [0.5, 0.6) is 5.75 Å². The first-order valence-electron chi connectivity index (χ1n) is 8.17. The predicted molar refractivity (Wildman–Crippen MR) is 87.0 cm³/mol. The first-order valence-corrected chi connectivity index (χ1v) is 8.17. The van der Waals surface area contributed by atoms with E-state index in [1.165, 1.54) is 0 Å². The van der Waals surface area contributed by atoms with E-state index < -0.39 is 43.1 Å². The summed E-state index contributed by atoms with van der Waals surface area (Å²) in [4.78, 5) is 24.0. The number of alkyl halides is 3. The molecule has 2 atom stereocenters. The SMILES string of the molecule is COc1cccc(CCCNC(=O)N2C[C@@H](C(F)(F)F)[C@H](C(=O)O)C2)c1. The Kier molecular flexibility index (Phi) is 6.33. The monoisotopic (exact) mass is 374 g/mol. The van der Waals surface area contributed by atoms with Gasteiger partial charge in [0.25, 0.3) is 0 Å². The van der Waals surface area contributed by atoms with E-state index in [1.807, 2.05) is 24.3 Å². The fourth-order valence-electron chi connectivity index (χ4n) is 2.98. The number of carbonyl (C=O) groups excluding carboxylic acids is 1. The first kappa shape index (κ1) is 19.9. The Morgan fingerprint density at radius 3 is 2.65 bits per heavy atom. The maximum atomic E-state index is 12.9. The van der Waals surface area contributed by atoms with Gasteiger partial charge in [0, 0.05) is 19.6 Å². The number of likely N-dealkylation sites (tertiary alicyclic amines) is 1. The summed E-state index contributed by atoms with van der Waals surface area (Å²) in [6, 6.07) is 6.77. The number of urea groups is 1. The number of nitrogens with zero attached hydrogens (tertiary/aromatic N) is 1. The molecule has 1 aliphatic rings. The summed E-state index contributed by atoms with van der Waals surface area (Å²) in [5.41, 5.74) is 1.02. The van der Waals surface area contributed by atoms with Crippen molar-refractivity contribution in [3.63, 3.8) is 0 Å². The highest BCUT2D eigenvalue weighted by atomic mass is 19.4. The van der Waals surface area contributed by atoms with Gasteiger partial charge in [0.15, 0.2) is 0 Å². The topological polar surface area (TPSA) is 78.9 Å². The molecule has 0 radical (unpaired) electrons. The molecular weight excluding hydrogens is 353 g/mol. The Balaban J connectivity index is 1.81. The van der Waals surface area contributed by atoms with Gasteiger partial charge >= 0.3 is 18.2 Å². The number of aryl methyl sites for hydroxylation is 1. The molecule has 1 fully saturated rings. The van der Waals surface area contributed by atoms with Crippen LogP contribution in [-0.4, -0.2) is 54.9 Å². The summed E-state index contributed by atoms with van der Waals surface area (Å²) >= 11 is 0. The molecule has 1 aromatic rings. The lowest BCUT2D eigenvalue weighted by molar-refractivity contribution is -0.187. The zero-order chi connectivity index (χ0) is 19.3. The minimum absolute atomic E-state index is 0.279. The number of aliphatic carboxylic acids is 1. The molecule has 1 aromatic carbocycles. The molecule has 1 heterocycles. The molecule has 2 rings (SSSR count). The molecule has 2 amide bonds. The van der Waals surface area contributed by atoms with Crippen molar-refractivity contribution in [2.24, 2.45) is 11.8 Å². The zero-order valence-corrected chi connectivity index (χ0v) is 14.3. The fraction of sp³-hybridized carbons (Fsp3) is 0.529. The van der Waals surface area contributed by atoms with Crippen LogP contribution in [0.2, 0.25) is 0 Å². The third-order valence-corrected chi connectivity index (χ3v) is 4.40. The van der Waals surface area contributed by atoms with Crippen molar-refractivity contribution < 1.29 is 32.6 Å². The maximum Gasteiger partial charge on any atom is 0.394 e. The average molecular weight is 374 g/mol. The third kappa shape index (κ3) is 5.03. The number of nitrogens with one attached hydrogen (secondary N) is 1. The van der Waals surface area contributed by atoms with Gasteiger partial charge < -0.3 is 20.1 Å². The van der Waals surface area contributed by atoms with E-state index in [2.05, 4.69) is 5.32 Å². The summed E-state index contributed by atoms with van der Waals surface area (Å²) < 4.78 is 43.9. The summed E-state index contributed by atoms with van der Waals surface area (Å²) in [5, 5.41) is 11.5. The van der Waals surface area contributed by atoms with Gasteiger partial charge in [-0.05, 0) is 30.5 Å². The molecule has 0 aromatic heterocycles. The number of hydrogen-bond donors (Lipinski definition) is 2. The molecule has 2 N–H and O–H groups in total. The van der Waals surface area contributed by atoms with E-state index >= 15 is 0 Å². The fourth-order valence-corrected chi connectivity index (χ4v) is 2.98. The van der Waals surface area contributed by atoms with Crippen LogP contribution >= 0.6 is 0 Å². The minimum atomic E-state index is -4.65. The smallest absolute Gasteiger partial charge is 0.394 e. The summed E-state index contributed by atoms with van der Waals surface area (Å²) in [7, 11) is 1.56. The molecule has 0 aliphatic carbocycles. The van der Waals surface area contributed by atoms with Gasteiger partial charge in [-0.25, -0.2) is 4.79 Å². The van der Waals surface area contributed by atoms with E-state index in [4.69, 9.17) is 9.84 Å². The molecule has 1 saturated heterocycles. The lowest BCUT2D eigenvalue weighted by Crippen LogP contribution is -2.40. The molecule has 0 spiro atoms. The summed E-state index contributed by atoms with van der Waals surface area (Å²) in [6.07, 6.45) is -3.39. The summed E-state index contributed by atoms with van der Waals surface area (Å²) in [6.45, 7) is -0.801. The average Bonchev–Trinajstić information content (AvgIpc) is 3.05. The van der Waals surface area contributed by atoms with Crippen LogP contribution in [0.3, 0.4) is 0 Å². The molecule has 1 aliphatic heterocycles. The molecular formula is C17H21F3N2O4. The van der Waals surface area contributed by atoms with E-state index in [1.54, 1.807) is 7.11 Å². The van der Waals surface area contributed by atoms with Gasteiger partial charge in [-0.1, -0.05) is 12.1 Å². The van der Waals surface area contributed by atoms with Gasteiger partial charge in [-0.2, -0.15) is 13.2 Å². The quantitative estimate of drug-likeness (QED) is 0.750. The Bertz CT molecular complexity index is 651. The highest BCUT2D eigenvalue weighted by Gasteiger charge is 2.53. The molecule has 26 heavy (non-hydrogen) atoms. The minimum Gasteiger partial charge on any atom is -0.497 e. The van der Waals surface area contributed by atoms with Crippen molar-refractivity contribution in [3.8, 4) is 5.75 Å². The first-order chi connectivity index (χ1) is 12.2. The van der Waals surface area contributed by atoms with Crippen LogP contribution in [0.4, 0.5) is 18.0 Å². The Labute approximate surface area is 148 Å². The molecule has 6 nitrogen and oxygen atoms in total. The second-order valence-electron chi connectivity index (χ2n) is 6.18. The summed E-state index contributed by atoms with van der Waals surface area (Å²) in [5.74, 6) is -4.48. The predicted octanol–water partition coefficient (Wildman–Crippen LogP) is 2.53. The lowest BCUT2D eigenvalue weighted by atomic mass is 9.96. The van der Waals surface area contributed by atoms with Gasteiger partial charge in [-0.3, -0.25) is 4.79 Å². The van der Waals surface area contributed by atoms with Crippen LogP contribution < -0.4 is 10.1 Å². The van der Waals surface area contributed by atoms with Gasteiger partial charge in [0.1, 0.15) is 5.75 Å². The number of halogens is 3. The van der Waals surface area contributed by atoms with Crippen LogP contribution in [0.25, 0.3) is 0 Å². The molecule has 144 valence electrons. The standard InChI is InChI=1S/C17H21F3N2O4/c1-26-12-6-2-4-11(8-12)5-3-7-21-16(25)22-9-13(15(23)24)14(10-22)17(18,19)20/h2,4,6,8,13-14H,3,5,7,9-10H2,1H3,(H,21,25)(H,23,24)/t13-,14-/m1/s1. The van der Waals surface area contributed by atoms with E-state index in [0.29, 0.717) is 12.8 Å². The number of amides is 2. The number of carbonyl (C=O) groups is 2. The van der Waals surface area contributed by atoms with E-state index in [9.17, 15) is 22.8 Å². The maximum absolute atomic E-state index is 12.9. The van der Waals surface area contributed by atoms with Crippen LogP contribution in [-0.2, 0) is 11.2 Å². The highest BCUT2D eigenvalue weighted by molar-refractivity contribution is 5.77. The number of ether oxygens (including phenoxy) is 1. The van der Waals surface area contributed by atoms with Gasteiger partial charge in [0.2, 0.25) is 0 Å². The van der Waals surface area contributed by atoms with Crippen LogP contribution in [0.1, 0.15) is 12.0 Å². The second-order valence-corrected chi connectivity index (χ2v) is 6.18. The van der Waals surface area contributed by atoms with Gasteiger partial charge in [-0.15, -0.1) is 0 Å². The molecule has 0 unspecified atom stereocenters. The van der Waals surface area contributed by atoms with Crippen molar-refractivity contribution in [2.45, 2.75) is 19.0 Å². The van der Waals surface area contributed by atoms with Crippen molar-refractivity contribution in [1.82, 2.24) is 10.2 Å². The molecule has 0 saturated carbocycles. The van der Waals surface area contributed by atoms with Gasteiger partial charge in [0.05, 0.1) is 18.9 Å². The normalized spacial score (nSPS) is 20.1. The Hall–Kier alpha value is -2.45. The Morgan fingerprint density at radius 1 is 1.35 bits per heavy atom. The van der Waals surface area contributed by atoms with Crippen LogP contribution in [0.15, 0.2) is 24.3 Å². The van der Waals surface area contributed by atoms with Crippen molar-refractivity contribution in [1.29, 1.82) is 0 Å². The van der Waals surface area contributed by atoms with Crippen molar-refractivity contribution in [2.75, 3.05) is 26.7 Å². The zero-order valence-electron chi connectivity index (χ0n) is 14.3. The number of hydrogen-bond acceptors (Lipinski definition) is 3. The van der Waals surface area contributed by atoms with Crippen molar-refractivity contribution in [3.05, 3.63) is 29.8 Å². The highest BCUT2D eigenvalue weighted by Crippen LogP contribution is 2.37. The largest absolute Gasteiger partial charge is 0.497 e. The second kappa shape index (κ2) is 8.29. The lowest BCUT2D eigenvalue weighted by Gasteiger charge is -2.18. The van der Waals surface area contributed by atoms with Crippen LogP contribution in [0, 0.1) is 11.8 Å². The number of rotatable bonds is 6. The van der Waals surface area contributed by atoms with E-state index in [-0.39, 0.29) is 6.54 Å². The number of carboxylic acids is 1. The third-order valence-electron chi connectivity index (χ3n) is 4.40. The van der Waals surface area contributed by atoms with Crippen molar-refractivity contribution >= 4 is 12.0 Å².